The highest BCUT2D eigenvalue weighted by molar-refractivity contribution is 6.13. The van der Waals surface area contributed by atoms with Crippen molar-refractivity contribution >= 4 is 22.5 Å². The number of ether oxygens (including phenoxy) is 1. The van der Waals surface area contributed by atoms with Crippen molar-refractivity contribution in [2.75, 3.05) is 12.4 Å². The molecule has 0 bridgehead atoms. The smallest absolute Gasteiger partial charge is 0.433 e. The van der Waals surface area contributed by atoms with Crippen LogP contribution in [0, 0.1) is 16.8 Å². The van der Waals surface area contributed by atoms with E-state index < -0.39 is 35.1 Å². The molecule has 0 aliphatic carbocycles. The van der Waals surface area contributed by atoms with E-state index in [-0.39, 0.29) is 26.9 Å². The van der Waals surface area contributed by atoms with Crippen molar-refractivity contribution < 1.29 is 36.2 Å². The van der Waals surface area contributed by atoms with Crippen LogP contribution in [0.3, 0.4) is 0 Å². The Kier molecular flexibility index (Phi) is 4.75. The van der Waals surface area contributed by atoms with Gasteiger partial charge in [0.25, 0.3) is 5.91 Å². The number of halogens is 5. The van der Waals surface area contributed by atoms with E-state index in [1.807, 2.05) is 5.32 Å². The Labute approximate surface area is 153 Å². The largest absolute Gasteiger partial charge is 0.619 e. The summed E-state index contributed by atoms with van der Waals surface area (Å²) in [4.78, 5) is 16.0. The predicted molar refractivity (Wildman–Crippen MR) is 86.6 cm³/mol. The number of benzene rings is 1. The third kappa shape index (κ3) is 3.50. The molecule has 1 amide bonds. The number of nitrogens with one attached hydrogen (secondary N) is 1. The first kappa shape index (κ1) is 19.3. The minimum absolute atomic E-state index is 0.0258. The molecule has 0 aliphatic heterocycles. The van der Waals surface area contributed by atoms with Gasteiger partial charge in [-0.25, -0.2) is 4.98 Å². The monoisotopic (exact) mass is 399 g/mol. The van der Waals surface area contributed by atoms with Crippen molar-refractivity contribution in [1.29, 1.82) is 0 Å². The van der Waals surface area contributed by atoms with Crippen LogP contribution in [-0.4, -0.2) is 18.0 Å². The van der Waals surface area contributed by atoms with E-state index in [0.29, 0.717) is 18.5 Å². The van der Waals surface area contributed by atoms with Gasteiger partial charge in [-0.3, -0.25) is 4.79 Å². The molecule has 0 atom stereocenters. The molecule has 1 N–H and O–H groups in total. The van der Waals surface area contributed by atoms with Crippen molar-refractivity contribution in [3.05, 3.63) is 64.8 Å². The number of carbonyl (C=O) groups is 1. The first-order valence-corrected chi connectivity index (χ1v) is 7.56. The molecule has 0 spiro atoms. The molecule has 6 nitrogen and oxygen atoms in total. The summed E-state index contributed by atoms with van der Waals surface area (Å²) in [6.45, 7) is 0. The van der Waals surface area contributed by atoms with Crippen molar-refractivity contribution in [3.63, 3.8) is 0 Å². The van der Waals surface area contributed by atoms with Gasteiger partial charge < -0.3 is 15.3 Å². The highest BCUT2D eigenvalue weighted by Crippen LogP contribution is 2.33. The molecule has 2 aromatic heterocycles. The Bertz CT molecular complexity index is 1060. The molecule has 3 aromatic rings. The van der Waals surface area contributed by atoms with Crippen molar-refractivity contribution in [3.8, 4) is 5.75 Å². The zero-order valence-corrected chi connectivity index (χ0v) is 14.0. The van der Waals surface area contributed by atoms with Crippen LogP contribution < -0.4 is 14.8 Å². The van der Waals surface area contributed by atoms with Crippen LogP contribution in [0.25, 0.3) is 10.9 Å². The molecule has 0 saturated carbocycles. The number of methoxy groups -OCH3 is 1. The number of nitrogens with zero attached hydrogens (tertiary/aromatic N) is 2. The van der Waals surface area contributed by atoms with Crippen LogP contribution in [0.1, 0.15) is 16.1 Å². The van der Waals surface area contributed by atoms with Crippen LogP contribution >= 0.6 is 0 Å². The number of hydrogen-bond donors (Lipinski definition) is 1. The Hall–Kier alpha value is -3.50. The van der Waals surface area contributed by atoms with Crippen LogP contribution in [-0.2, 0) is 6.18 Å². The van der Waals surface area contributed by atoms with E-state index >= 15 is 0 Å². The fourth-order valence-corrected chi connectivity index (χ4v) is 2.52. The van der Waals surface area contributed by atoms with Crippen LogP contribution in [0.15, 0.2) is 36.7 Å². The summed E-state index contributed by atoms with van der Waals surface area (Å²) in [7, 11) is 1.21. The minimum atomic E-state index is -4.72. The molecule has 1 aromatic carbocycles. The lowest BCUT2D eigenvalue weighted by atomic mass is 10.1. The molecule has 146 valence electrons. The lowest BCUT2D eigenvalue weighted by molar-refractivity contribution is -0.608. The molecular formula is C17H10F5N3O3. The minimum Gasteiger partial charge on any atom is -0.619 e. The van der Waals surface area contributed by atoms with E-state index in [4.69, 9.17) is 4.74 Å². The highest BCUT2D eigenvalue weighted by Gasteiger charge is 2.33. The number of amides is 1. The first-order valence-electron chi connectivity index (χ1n) is 7.56. The van der Waals surface area contributed by atoms with Crippen LogP contribution in [0.2, 0.25) is 0 Å². The average molecular weight is 399 g/mol. The van der Waals surface area contributed by atoms with E-state index in [2.05, 4.69) is 4.98 Å². The van der Waals surface area contributed by atoms with Gasteiger partial charge in [-0.1, -0.05) is 0 Å². The summed E-state index contributed by atoms with van der Waals surface area (Å²) in [5.74, 6) is -3.69. The fourth-order valence-electron chi connectivity index (χ4n) is 2.52. The molecule has 3 rings (SSSR count). The van der Waals surface area contributed by atoms with Gasteiger partial charge in [0.15, 0.2) is 0 Å². The number of rotatable bonds is 3. The number of fused-ring (bicyclic) bond motifs is 1. The Morgan fingerprint density at radius 1 is 1.14 bits per heavy atom. The third-order valence-electron chi connectivity index (χ3n) is 3.77. The van der Waals surface area contributed by atoms with E-state index in [9.17, 15) is 32.0 Å². The second kappa shape index (κ2) is 6.91. The highest BCUT2D eigenvalue weighted by atomic mass is 19.4. The third-order valence-corrected chi connectivity index (χ3v) is 3.77. The molecule has 0 aliphatic rings. The summed E-state index contributed by atoms with van der Waals surface area (Å²) in [5, 5.41) is 12.9. The Morgan fingerprint density at radius 3 is 2.36 bits per heavy atom. The Balaban J connectivity index is 2.09. The lowest BCUT2D eigenvalue weighted by Crippen LogP contribution is -2.28. The Morgan fingerprint density at radius 2 is 1.79 bits per heavy atom. The molecule has 28 heavy (non-hydrogen) atoms. The van der Waals surface area contributed by atoms with Crippen molar-refractivity contribution in [1.82, 2.24) is 4.98 Å². The number of carbonyl (C=O) groups excluding carboxylic acids is 1. The van der Waals surface area contributed by atoms with Gasteiger partial charge in [-0.15, -0.1) is 0 Å². The SMILES string of the molecule is COc1ccc(C(=O)Nc2c(F)c[n+]([O-])cc2F)c2ccc(C(F)(F)F)nc12. The van der Waals surface area contributed by atoms with Crippen LogP contribution in [0.4, 0.5) is 27.6 Å². The number of anilines is 1. The molecule has 0 saturated heterocycles. The summed E-state index contributed by atoms with van der Waals surface area (Å²) >= 11 is 0. The zero-order valence-electron chi connectivity index (χ0n) is 14.0. The first-order chi connectivity index (χ1) is 13.1. The maximum absolute atomic E-state index is 13.8. The second-order valence-corrected chi connectivity index (χ2v) is 5.55. The molecular weight excluding hydrogens is 389 g/mol. The maximum atomic E-state index is 13.8. The molecule has 2 heterocycles. The number of alkyl halides is 3. The summed E-state index contributed by atoms with van der Waals surface area (Å²) in [6.07, 6.45) is -3.91. The predicted octanol–water partition coefficient (Wildman–Crippen LogP) is 3.43. The van der Waals surface area contributed by atoms with E-state index in [0.717, 1.165) is 6.07 Å². The van der Waals surface area contributed by atoms with Gasteiger partial charge >= 0.3 is 6.18 Å². The van der Waals surface area contributed by atoms with E-state index in [1.165, 1.54) is 19.2 Å². The summed E-state index contributed by atoms with van der Waals surface area (Å²) in [6, 6.07) is 4.08. The van der Waals surface area contributed by atoms with Gasteiger partial charge in [0, 0.05) is 10.9 Å². The van der Waals surface area contributed by atoms with Gasteiger partial charge in [-0.05, 0) is 24.3 Å². The topological polar surface area (TPSA) is 78.2 Å². The van der Waals surface area contributed by atoms with Crippen molar-refractivity contribution in [2.24, 2.45) is 0 Å². The summed E-state index contributed by atoms with van der Waals surface area (Å²) in [5.41, 5.74) is -2.52. The quantitative estimate of drug-likeness (QED) is 0.416. The van der Waals surface area contributed by atoms with Crippen LogP contribution in [0.5, 0.6) is 5.75 Å². The van der Waals surface area contributed by atoms with Gasteiger partial charge in [0.1, 0.15) is 22.6 Å². The van der Waals surface area contributed by atoms with Crippen molar-refractivity contribution in [2.45, 2.75) is 6.18 Å². The molecule has 11 heteroatoms. The number of pyridine rings is 2. The van der Waals surface area contributed by atoms with Gasteiger partial charge in [-0.2, -0.15) is 26.7 Å². The summed E-state index contributed by atoms with van der Waals surface area (Å²) < 4.78 is 71.2. The lowest BCUT2D eigenvalue weighted by Gasteiger charge is -2.13. The zero-order chi connectivity index (χ0) is 20.6. The fraction of sp³-hybridized carbons (Fsp3) is 0.118. The van der Waals surface area contributed by atoms with E-state index in [1.54, 1.807) is 0 Å². The number of hydrogen-bond acceptors (Lipinski definition) is 4. The number of aromatic nitrogens is 2. The molecule has 0 radical (unpaired) electrons. The maximum Gasteiger partial charge on any atom is 0.433 e. The standard InChI is InChI=1S/C17H10F5N3O3/c1-28-12-4-2-9(8-3-5-13(17(20,21)22)23-14(8)12)16(26)24-15-10(18)6-25(27)7-11(15)19/h2-7H,1H3,(H,24,26). The second-order valence-electron chi connectivity index (χ2n) is 5.55. The molecule has 0 fully saturated rings. The molecule has 0 unspecified atom stereocenters. The average Bonchev–Trinajstić information content (AvgIpc) is 2.62. The van der Waals surface area contributed by atoms with Gasteiger partial charge in [0.2, 0.25) is 24.0 Å². The normalized spacial score (nSPS) is 11.5. The van der Waals surface area contributed by atoms with Gasteiger partial charge in [0.05, 0.1) is 7.11 Å².